The maximum Gasteiger partial charge on any atom is 0.255 e. The number of anilines is 1. The summed E-state index contributed by atoms with van der Waals surface area (Å²) in [7, 11) is 0. The number of nitrogens with zero attached hydrogens (tertiary/aromatic N) is 3. The number of benzene rings is 2. The third kappa shape index (κ3) is 3.83. The lowest BCUT2D eigenvalue weighted by atomic mass is 10.1. The Bertz CT molecular complexity index is 1400. The second kappa shape index (κ2) is 7.91. The molecular weight excluding hydrogens is 388 g/mol. The molecule has 0 unspecified atom stereocenters. The lowest BCUT2D eigenvalue weighted by Gasteiger charge is -2.09. The van der Waals surface area contributed by atoms with E-state index in [2.05, 4.69) is 15.3 Å². The second-order valence-electron chi connectivity index (χ2n) is 7.31. The van der Waals surface area contributed by atoms with E-state index in [1.807, 2.05) is 72.2 Å². The van der Waals surface area contributed by atoms with Crippen LogP contribution in [0.5, 0.6) is 5.75 Å². The van der Waals surface area contributed by atoms with E-state index in [-0.39, 0.29) is 5.91 Å². The van der Waals surface area contributed by atoms with E-state index in [4.69, 9.17) is 4.74 Å². The Morgan fingerprint density at radius 1 is 1.06 bits per heavy atom. The molecule has 0 bridgehead atoms. The molecule has 1 amide bonds. The molecule has 0 aliphatic heterocycles. The second-order valence-corrected chi connectivity index (χ2v) is 7.31. The van der Waals surface area contributed by atoms with Gasteiger partial charge in [0.1, 0.15) is 18.0 Å². The number of ether oxygens (including phenoxy) is 1. The summed E-state index contributed by atoms with van der Waals surface area (Å²) in [5, 5.41) is 3.93. The van der Waals surface area contributed by atoms with Gasteiger partial charge in [-0.2, -0.15) is 0 Å². The van der Waals surface area contributed by atoms with Crippen molar-refractivity contribution in [2.45, 2.75) is 13.5 Å². The fourth-order valence-electron chi connectivity index (χ4n) is 3.56. The Labute approximate surface area is 179 Å². The maximum absolute atomic E-state index is 12.8. The van der Waals surface area contributed by atoms with Crippen molar-refractivity contribution >= 4 is 28.1 Å². The summed E-state index contributed by atoms with van der Waals surface area (Å²) in [6.45, 7) is 2.35. The van der Waals surface area contributed by atoms with Crippen molar-refractivity contribution in [1.82, 2.24) is 14.4 Å². The number of rotatable bonds is 5. The van der Waals surface area contributed by atoms with Gasteiger partial charge in [0.2, 0.25) is 0 Å². The van der Waals surface area contributed by atoms with Gasteiger partial charge in [0, 0.05) is 29.5 Å². The Morgan fingerprint density at radius 3 is 2.84 bits per heavy atom. The summed E-state index contributed by atoms with van der Waals surface area (Å²) in [5.41, 5.74) is 4.79. The number of hydrogen-bond donors (Lipinski definition) is 1. The van der Waals surface area contributed by atoms with Gasteiger partial charge in [-0.05, 0) is 48.9 Å². The zero-order chi connectivity index (χ0) is 21.2. The average Bonchev–Trinajstić information content (AvgIpc) is 3.23. The van der Waals surface area contributed by atoms with E-state index in [9.17, 15) is 4.79 Å². The number of hydrogen-bond acceptors (Lipinski definition) is 4. The quantitative estimate of drug-likeness (QED) is 0.443. The summed E-state index contributed by atoms with van der Waals surface area (Å²) in [4.78, 5) is 21.8. The van der Waals surface area contributed by atoms with Crippen LogP contribution < -0.4 is 10.1 Å². The molecule has 0 atom stereocenters. The fourth-order valence-corrected chi connectivity index (χ4v) is 3.56. The number of fused-ring (bicyclic) bond motifs is 2. The lowest BCUT2D eigenvalue weighted by molar-refractivity contribution is 0.102. The van der Waals surface area contributed by atoms with Crippen LogP contribution in [0.1, 0.15) is 21.6 Å². The summed E-state index contributed by atoms with van der Waals surface area (Å²) in [5.74, 6) is 0.393. The molecule has 3 aromatic heterocycles. The molecule has 0 spiro atoms. The van der Waals surface area contributed by atoms with Crippen molar-refractivity contribution in [1.29, 1.82) is 0 Å². The Balaban J connectivity index is 1.32. The molecule has 0 saturated heterocycles. The molecule has 0 radical (unpaired) electrons. The van der Waals surface area contributed by atoms with Gasteiger partial charge in [0.15, 0.2) is 0 Å². The number of aromatic nitrogens is 3. The smallest absolute Gasteiger partial charge is 0.255 e. The minimum Gasteiger partial charge on any atom is -0.487 e. The third-order valence-electron chi connectivity index (χ3n) is 5.09. The number of imidazole rings is 1. The molecule has 6 heteroatoms. The molecule has 0 aliphatic rings. The predicted molar refractivity (Wildman–Crippen MR) is 120 cm³/mol. The first kappa shape index (κ1) is 18.8. The largest absolute Gasteiger partial charge is 0.487 e. The van der Waals surface area contributed by atoms with Gasteiger partial charge in [0.25, 0.3) is 5.91 Å². The van der Waals surface area contributed by atoms with Crippen molar-refractivity contribution in [2.24, 2.45) is 0 Å². The van der Waals surface area contributed by atoms with Crippen molar-refractivity contribution in [3.8, 4) is 5.75 Å². The average molecular weight is 408 g/mol. The van der Waals surface area contributed by atoms with Crippen LogP contribution in [-0.4, -0.2) is 20.3 Å². The summed E-state index contributed by atoms with van der Waals surface area (Å²) in [6.07, 6.45) is 5.63. The number of aryl methyl sites for hydroxylation is 1. The first-order valence-corrected chi connectivity index (χ1v) is 9.98. The number of para-hydroxylation sites is 1. The highest BCUT2D eigenvalue weighted by Crippen LogP contribution is 2.22. The highest BCUT2D eigenvalue weighted by molar-refractivity contribution is 6.08. The Kier molecular flexibility index (Phi) is 4.80. The number of carbonyl (C=O) groups is 1. The van der Waals surface area contributed by atoms with Gasteiger partial charge in [-0.1, -0.05) is 30.3 Å². The highest BCUT2D eigenvalue weighted by Gasteiger charge is 2.11. The van der Waals surface area contributed by atoms with Crippen LogP contribution in [-0.2, 0) is 6.61 Å². The van der Waals surface area contributed by atoms with Crippen LogP contribution in [0.4, 0.5) is 5.69 Å². The zero-order valence-corrected chi connectivity index (χ0v) is 16.9. The molecule has 3 heterocycles. The van der Waals surface area contributed by atoms with E-state index in [0.717, 1.165) is 27.8 Å². The predicted octanol–water partition coefficient (Wildman–Crippen LogP) is 5.02. The SMILES string of the molecule is Cc1cccn2cc(COc3cccc(C(=O)Nc4cccc5cccnc45)c3)nc12. The van der Waals surface area contributed by atoms with E-state index in [1.54, 1.807) is 24.4 Å². The van der Waals surface area contributed by atoms with Gasteiger partial charge in [0.05, 0.1) is 16.9 Å². The first-order chi connectivity index (χ1) is 15.2. The minimum atomic E-state index is -0.216. The van der Waals surface area contributed by atoms with Crippen LogP contribution in [0.25, 0.3) is 16.6 Å². The van der Waals surface area contributed by atoms with Crippen molar-refractivity contribution in [3.63, 3.8) is 0 Å². The van der Waals surface area contributed by atoms with Crippen LogP contribution in [0.15, 0.2) is 85.3 Å². The van der Waals surface area contributed by atoms with Gasteiger partial charge in [-0.15, -0.1) is 0 Å². The molecule has 6 nitrogen and oxygen atoms in total. The number of nitrogens with one attached hydrogen (secondary N) is 1. The van der Waals surface area contributed by atoms with Crippen LogP contribution in [0, 0.1) is 6.92 Å². The molecule has 5 rings (SSSR count). The molecule has 0 saturated carbocycles. The monoisotopic (exact) mass is 408 g/mol. The summed E-state index contributed by atoms with van der Waals surface area (Å²) < 4.78 is 7.89. The standard InChI is InChI=1S/C25H20N4O2/c1-17-6-5-13-29-15-20(27-24(17)29)16-31-21-10-2-8-19(14-21)25(30)28-22-11-3-7-18-9-4-12-26-23(18)22/h2-15H,16H2,1H3,(H,28,30). The molecule has 0 aliphatic carbocycles. The van der Waals surface area contributed by atoms with Crippen LogP contribution >= 0.6 is 0 Å². The van der Waals surface area contributed by atoms with Gasteiger partial charge < -0.3 is 14.5 Å². The number of carbonyl (C=O) groups excluding carboxylic acids is 1. The topological polar surface area (TPSA) is 68.5 Å². The van der Waals surface area contributed by atoms with E-state index in [0.29, 0.717) is 23.6 Å². The minimum absolute atomic E-state index is 0.216. The normalized spacial score (nSPS) is 11.0. The lowest BCUT2D eigenvalue weighted by Crippen LogP contribution is -2.12. The molecule has 5 aromatic rings. The van der Waals surface area contributed by atoms with Crippen molar-refractivity contribution < 1.29 is 9.53 Å². The van der Waals surface area contributed by atoms with Crippen molar-refractivity contribution in [3.05, 3.63) is 102 Å². The van der Waals surface area contributed by atoms with E-state index >= 15 is 0 Å². The molecule has 0 fully saturated rings. The zero-order valence-electron chi connectivity index (χ0n) is 16.9. The molecule has 31 heavy (non-hydrogen) atoms. The molecular formula is C25H20N4O2. The number of amides is 1. The van der Waals surface area contributed by atoms with E-state index in [1.165, 1.54) is 0 Å². The molecule has 152 valence electrons. The van der Waals surface area contributed by atoms with Crippen molar-refractivity contribution in [2.75, 3.05) is 5.32 Å². The maximum atomic E-state index is 12.8. The Hall–Kier alpha value is -4.19. The van der Waals surface area contributed by atoms with Gasteiger partial charge in [-0.25, -0.2) is 4.98 Å². The highest BCUT2D eigenvalue weighted by atomic mass is 16.5. The fraction of sp³-hybridized carbons (Fsp3) is 0.0800. The van der Waals surface area contributed by atoms with Crippen LogP contribution in [0.2, 0.25) is 0 Å². The third-order valence-corrected chi connectivity index (χ3v) is 5.09. The van der Waals surface area contributed by atoms with Crippen LogP contribution in [0.3, 0.4) is 0 Å². The Morgan fingerprint density at radius 2 is 1.94 bits per heavy atom. The summed E-state index contributed by atoms with van der Waals surface area (Å²) in [6, 6.07) is 20.7. The van der Waals surface area contributed by atoms with Gasteiger partial charge >= 0.3 is 0 Å². The number of pyridine rings is 2. The molecule has 1 N–H and O–H groups in total. The van der Waals surface area contributed by atoms with E-state index < -0.39 is 0 Å². The summed E-state index contributed by atoms with van der Waals surface area (Å²) >= 11 is 0. The first-order valence-electron chi connectivity index (χ1n) is 9.98. The van der Waals surface area contributed by atoms with Gasteiger partial charge in [-0.3, -0.25) is 9.78 Å². The molecule has 2 aromatic carbocycles.